The summed E-state index contributed by atoms with van der Waals surface area (Å²) in [5, 5.41) is 12.4. The van der Waals surface area contributed by atoms with Gasteiger partial charge in [0.25, 0.3) is 0 Å². The quantitative estimate of drug-likeness (QED) is 0.105. The molecule has 0 bridgehead atoms. The Morgan fingerprint density at radius 2 is 1.20 bits per heavy atom. The third-order valence-electron chi connectivity index (χ3n) is 12.0. The van der Waals surface area contributed by atoms with E-state index >= 15 is 0 Å². The van der Waals surface area contributed by atoms with Gasteiger partial charge in [0.05, 0.1) is 23.8 Å². The predicted molar refractivity (Wildman–Crippen MR) is 230 cm³/mol. The lowest BCUT2D eigenvalue weighted by Gasteiger charge is -2.45. The number of urea groups is 1. The van der Waals surface area contributed by atoms with Crippen molar-refractivity contribution in [3.05, 3.63) is 144 Å². The Balaban J connectivity index is 0.000000150. The van der Waals surface area contributed by atoms with Gasteiger partial charge in [0.15, 0.2) is 35.9 Å². The largest absolute Gasteiger partial charge is 0.444 e. The van der Waals surface area contributed by atoms with Gasteiger partial charge in [0, 0.05) is 84.5 Å². The van der Waals surface area contributed by atoms with Crippen LogP contribution in [0.25, 0.3) is 22.6 Å². The average Bonchev–Trinajstić information content (AvgIpc) is 4.05. The zero-order chi connectivity index (χ0) is 44.8. The molecule has 13 nitrogen and oxygen atoms in total. The Morgan fingerprint density at radius 1 is 0.703 bits per heavy atom. The van der Waals surface area contributed by atoms with E-state index < -0.39 is 28.8 Å². The van der Waals surface area contributed by atoms with Crippen molar-refractivity contribution in [3.63, 3.8) is 0 Å². The van der Waals surface area contributed by atoms with Crippen molar-refractivity contribution in [2.75, 3.05) is 36.8 Å². The summed E-state index contributed by atoms with van der Waals surface area (Å²) in [6, 6.07) is 19.1. The first kappa shape index (κ1) is 43.8. The molecule has 17 heteroatoms. The number of aromatic nitrogens is 2. The minimum atomic E-state index is -0.773. The molecule has 2 aromatic heterocycles. The Bertz CT molecular complexity index is 2630. The Morgan fingerprint density at radius 3 is 1.70 bits per heavy atom. The number of carbonyl (C=O) groups excluding carboxylic acids is 3. The normalized spacial score (nSPS) is 16.9. The molecule has 0 atom stereocenters. The highest BCUT2D eigenvalue weighted by Crippen LogP contribution is 2.40. The van der Waals surface area contributed by atoms with Crippen molar-refractivity contribution in [2.45, 2.75) is 62.7 Å². The summed E-state index contributed by atoms with van der Waals surface area (Å²) in [4.78, 5) is 46.8. The number of hydrogen-bond acceptors (Lipinski definition) is 11. The second-order valence-corrected chi connectivity index (χ2v) is 16.4. The number of oxazole rings is 2. The number of ketones is 2. The molecule has 4 aromatic carbocycles. The van der Waals surface area contributed by atoms with E-state index in [1.807, 2.05) is 48.5 Å². The number of fused-ring (bicyclic) bond motifs is 2. The summed E-state index contributed by atoms with van der Waals surface area (Å²) in [5.74, 6) is -1.97. The third kappa shape index (κ3) is 9.85. The molecule has 4 aliphatic heterocycles. The van der Waals surface area contributed by atoms with Crippen LogP contribution in [0.3, 0.4) is 0 Å². The van der Waals surface area contributed by atoms with Crippen LogP contribution in [0.15, 0.2) is 107 Å². The molecule has 2 amide bonds. The van der Waals surface area contributed by atoms with Crippen molar-refractivity contribution < 1.29 is 40.8 Å². The van der Waals surface area contributed by atoms with Gasteiger partial charge in [0.1, 0.15) is 23.3 Å². The molecule has 6 N–H and O–H groups in total. The Labute approximate surface area is 365 Å². The number of amides is 2. The summed E-state index contributed by atoms with van der Waals surface area (Å²) in [6.45, 7) is 3.34. The molecule has 2 fully saturated rings. The van der Waals surface area contributed by atoms with Crippen molar-refractivity contribution in [3.8, 4) is 22.6 Å². The molecule has 6 heterocycles. The minimum absolute atomic E-state index is 0.0471. The SMILES string of the molecule is NCc1cccc(-c2cnco2)c1.O=C1CC2(CCN(C(=O)NCc3cccc(-c4cnco4)c3)CC2)Nc2c(F)cc(F)cc21.O=C1CC2(CCNCC2)Nc2c(F)cc(F)cc21. The molecular formula is C47H46F4N8O5. The average molecular weight is 879 g/mol. The minimum Gasteiger partial charge on any atom is -0.444 e. The number of Topliss-reactive ketones (excluding diaryl/α,β-unsaturated/α-hetero) is 2. The zero-order valence-electron chi connectivity index (χ0n) is 34.7. The van der Waals surface area contributed by atoms with E-state index in [-0.39, 0.29) is 52.1 Å². The van der Waals surface area contributed by atoms with Gasteiger partial charge in [-0.15, -0.1) is 0 Å². The van der Waals surface area contributed by atoms with E-state index in [1.54, 1.807) is 17.3 Å². The van der Waals surface area contributed by atoms with E-state index in [1.165, 1.54) is 12.8 Å². The highest BCUT2D eigenvalue weighted by Gasteiger charge is 2.43. The van der Waals surface area contributed by atoms with Gasteiger partial charge in [-0.2, -0.15) is 0 Å². The van der Waals surface area contributed by atoms with Crippen LogP contribution in [-0.2, 0) is 13.1 Å². The number of halogens is 4. The number of nitrogens with zero attached hydrogens (tertiary/aromatic N) is 3. The predicted octanol–water partition coefficient (Wildman–Crippen LogP) is 8.25. The molecule has 4 aliphatic rings. The van der Waals surface area contributed by atoms with Gasteiger partial charge in [-0.1, -0.05) is 36.4 Å². The molecule has 2 saturated heterocycles. The van der Waals surface area contributed by atoms with Crippen LogP contribution in [-0.4, -0.2) is 69.7 Å². The smallest absolute Gasteiger partial charge is 0.317 e. The lowest BCUT2D eigenvalue weighted by atomic mass is 9.78. The number of likely N-dealkylation sites (tertiary alicyclic amines) is 1. The molecule has 332 valence electrons. The highest BCUT2D eigenvalue weighted by molar-refractivity contribution is 6.05. The first-order valence-electron chi connectivity index (χ1n) is 20.9. The van der Waals surface area contributed by atoms with Crippen molar-refractivity contribution in [2.24, 2.45) is 5.73 Å². The van der Waals surface area contributed by atoms with Crippen molar-refractivity contribution in [1.29, 1.82) is 0 Å². The number of nitrogens with one attached hydrogen (secondary N) is 4. The van der Waals surface area contributed by atoms with Crippen LogP contribution in [0.5, 0.6) is 0 Å². The summed E-state index contributed by atoms with van der Waals surface area (Å²) in [7, 11) is 0. The van der Waals surface area contributed by atoms with E-state index in [0.717, 1.165) is 78.2 Å². The fourth-order valence-electron chi connectivity index (χ4n) is 8.60. The highest BCUT2D eigenvalue weighted by atomic mass is 19.1. The standard InChI is InChI=1S/C24H22F2N4O3.C13H14F2N2O.C10H10N2O/c25-17-9-18-20(31)11-24(29-22(18)19(26)10-17)4-6-30(7-5-24)23(32)28-12-15-2-1-3-16(8-15)21-13-27-14-33-21;14-8-5-9-11(18)7-13(1-3-16-4-2-13)17-12(9)10(15)6-8;11-5-8-2-1-3-9(4-8)10-6-12-7-13-10/h1-3,8-10,13-14,29H,4-7,11-12H2,(H,28,32);5-6,16-17H,1-4,7H2;1-4,6-7H,5,11H2. The molecular weight excluding hydrogens is 833 g/mol. The van der Waals surface area contributed by atoms with E-state index in [0.29, 0.717) is 51.2 Å². The van der Waals surface area contributed by atoms with E-state index in [2.05, 4.69) is 31.2 Å². The molecule has 6 aromatic rings. The molecule has 0 saturated carbocycles. The monoisotopic (exact) mass is 878 g/mol. The first-order valence-corrected chi connectivity index (χ1v) is 20.9. The summed E-state index contributed by atoms with van der Waals surface area (Å²) < 4.78 is 65.2. The number of anilines is 2. The van der Waals surface area contributed by atoms with Crippen LogP contribution < -0.4 is 27.0 Å². The van der Waals surface area contributed by atoms with E-state index in [4.69, 9.17) is 14.6 Å². The summed E-state index contributed by atoms with van der Waals surface area (Å²) in [5.41, 5.74) is 8.82. The maximum atomic E-state index is 14.3. The summed E-state index contributed by atoms with van der Waals surface area (Å²) >= 11 is 0. The van der Waals surface area contributed by atoms with Crippen molar-refractivity contribution in [1.82, 2.24) is 25.5 Å². The number of piperidine rings is 2. The van der Waals surface area contributed by atoms with Crippen LogP contribution in [0.1, 0.15) is 70.4 Å². The van der Waals surface area contributed by atoms with E-state index in [9.17, 15) is 31.9 Å². The van der Waals surface area contributed by atoms with Crippen LogP contribution in [0.2, 0.25) is 0 Å². The van der Waals surface area contributed by atoms with Crippen molar-refractivity contribution >= 4 is 29.0 Å². The molecule has 0 radical (unpaired) electrons. The zero-order valence-corrected chi connectivity index (χ0v) is 34.7. The number of rotatable bonds is 5. The fraction of sp³-hybridized carbons (Fsp3) is 0.298. The second-order valence-electron chi connectivity index (χ2n) is 16.4. The maximum absolute atomic E-state index is 14.3. The van der Waals surface area contributed by atoms with Crippen LogP contribution in [0, 0.1) is 23.3 Å². The van der Waals surface area contributed by atoms with Crippen LogP contribution >= 0.6 is 0 Å². The molecule has 0 aliphatic carbocycles. The van der Waals surface area contributed by atoms with Gasteiger partial charge >= 0.3 is 6.03 Å². The van der Waals surface area contributed by atoms with Gasteiger partial charge < -0.3 is 40.7 Å². The van der Waals surface area contributed by atoms with Crippen LogP contribution in [0.4, 0.5) is 33.7 Å². The molecule has 64 heavy (non-hydrogen) atoms. The van der Waals surface area contributed by atoms with Gasteiger partial charge in [-0.05, 0) is 74.2 Å². The van der Waals surface area contributed by atoms with Gasteiger partial charge in [0.2, 0.25) is 0 Å². The lowest BCUT2D eigenvalue weighted by Crippen LogP contribution is -2.55. The fourth-order valence-corrected chi connectivity index (χ4v) is 8.60. The number of carbonyl (C=O) groups is 3. The topological polar surface area (TPSA) is 181 Å². The lowest BCUT2D eigenvalue weighted by molar-refractivity contribution is 0.0910. The second kappa shape index (κ2) is 18.9. The third-order valence-corrected chi connectivity index (χ3v) is 12.0. The first-order chi connectivity index (χ1) is 30.9. The molecule has 0 unspecified atom stereocenters. The maximum Gasteiger partial charge on any atom is 0.317 e. The Hall–Kier alpha value is -6.85. The van der Waals surface area contributed by atoms with Gasteiger partial charge in [-0.3, -0.25) is 9.59 Å². The number of hydrogen-bond donors (Lipinski definition) is 5. The molecule has 2 spiro atoms. The number of nitrogens with two attached hydrogens (primary N) is 1. The van der Waals surface area contributed by atoms with Gasteiger partial charge in [-0.25, -0.2) is 32.3 Å². The molecule has 10 rings (SSSR count). The Kier molecular flexibility index (Phi) is 12.9. The number of benzene rings is 4. The summed E-state index contributed by atoms with van der Waals surface area (Å²) in [6.07, 6.45) is 9.09.